The van der Waals surface area contributed by atoms with Crippen LogP contribution in [0, 0.1) is 5.92 Å². The van der Waals surface area contributed by atoms with Gasteiger partial charge in [0.2, 0.25) is 17.7 Å². The molecule has 1 rings (SSSR count). The summed E-state index contributed by atoms with van der Waals surface area (Å²) < 4.78 is 10.7. The summed E-state index contributed by atoms with van der Waals surface area (Å²) in [4.78, 5) is 51.5. The molecular weight excluding hydrogens is 746 g/mol. The number of nitrogens with one attached hydrogen (secondary N) is 3. The van der Waals surface area contributed by atoms with Gasteiger partial charge in [-0.2, -0.15) is 0 Å². The number of carbonyl (C=O) groups excluding carboxylic acids is 3. The number of aliphatic carboxylic acids is 1. The van der Waals surface area contributed by atoms with Crippen LogP contribution in [-0.4, -0.2) is 106 Å². The Hall–Kier alpha value is -2.36. The van der Waals surface area contributed by atoms with Crippen LogP contribution in [0.5, 0.6) is 0 Å². The monoisotopic (exact) mass is 830 g/mol. The fourth-order valence-electron chi connectivity index (χ4n) is 7.48. The highest BCUT2D eigenvalue weighted by molar-refractivity contribution is 5.92. The standard InChI is InChI=1S/C44H83N3O11/c1-4-6-8-10-12-14-16-18-20-22-24-26-28-33(29-27-25-23-21-19-17-15-13-11-9-7-5-2)40(53)47-35(32-57-44-39(52)37(50)38(51)43(56)58-44)42(55)46-34(41(54)45-3)30-31-36(48)49/h33-35,37-39,43-44,50-52,56H,4-32H2,1-3H3,(H,45,54)(H,46,55)(H,47,53)(H,48,49)/t34-,35+,37-,38-,39-,43+,44+/m0/s1. The first-order valence-corrected chi connectivity index (χ1v) is 23.0. The average Bonchev–Trinajstić information content (AvgIpc) is 3.21. The number of aliphatic hydroxyl groups is 4. The lowest BCUT2D eigenvalue weighted by molar-refractivity contribution is -0.340. The van der Waals surface area contributed by atoms with Gasteiger partial charge in [0, 0.05) is 19.4 Å². The lowest BCUT2D eigenvalue weighted by atomic mass is 9.92. The van der Waals surface area contributed by atoms with Crippen LogP contribution in [0.1, 0.15) is 194 Å². The van der Waals surface area contributed by atoms with Crippen molar-refractivity contribution in [1.82, 2.24) is 16.0 Å². The Bertz CT molecular complexity index is 1060. The molecule has 0 bridgehead atoms. The average molecular weight is 830 g/mol. The van der Waals surface area contributed by atoms with Gasteiger partial charge in [0.05, 0.1) is 6.61 Å². The Kier molecular flexibility index (Phi) is 31.8. The van der Waals surface area contributed by atoms with E-state index in [4.69, 9.17) is 9.47 Å². The van der Waals surface area contributed by atoms with Gasteiger partial charge in [0.25, 0.3) is 0 Å². The zero-order chi connectivity index (χ0) is 43.0. The van der Waals surface area contributed by atoms with Gasteiger partial charge in [-0.25, -0.2) is 0 Å². The molecule has 3 amide bonds. The molecule has 1 aliphatic heterocycles. The molecule has 1 heterocycles. The van der Waals surface area contributed by atoms with Gasteiger partial charge in [0.15, 0.2) is 12.6 Å². The molecule has 0 aromatic heterocycles. The van der Waals surface area contributed by atoms with Crippen molar-refractivity contribution >= 4 is 23.7 Å². The van der Waals surface area contributed by atoms with Gasteiger partial charge < -0.3 is 51.0 Å². The number of likely N-dealkylation sites (N-methyl/N-ethyl adjacent to an activating group) is 1. The van der Waals surface area contributed by atoms with E-state index in [9.17, 15) is 44.7 Å². The minimum absolute atomic E-state index is 0.205. The molecule has 340 valence electrons. The lowest BCUT2D eigenvalue weighted by Gasteiger charge is -2.38. The number of amides is 3. The summed E-state index contributed by atoms with van der Waals surface area (Å²) in [7, 11) is 1.35. The van der Waals surface area contributed by atoms with Crippen molar-refractivity contribution in [2.45, 2.75) is 237 Å². The zero-order valence-electron chi connectivity index (χ0n) is 36.3. The van der Waals surface area contributed by atoms with E-state index in [2.05, 4.69) is 29.8 Å². The van der Waals surface area contributed by atoms with Crippen molar-refractivity contribution in [3.63, 3.8) is 0 Å². The number of carboxylic acid groups (broad SMARTS) is 1. The number of hydrogen-bond donors (Lipinski definition) is 8. The topological polar surface area (TPSA) is 224 Å². The zero-order valence-corrected chi connectivity index (χ0v) is 36.3. The highest BCUT2D eigenvalue weighted by Crippen LogP contribution is 2.23. The van der Waals surface area contributed by atoms with Crippen molar-refractivity contribution in [2.24, 2.45) is 5.92 Å². The number of rotatable bonds is 37. The first-order chi connectivity index (χ1) is 28.0. The fourth-order valence-corrected chi connectivity index (χ4v) is 7.48. The van der Waals surface area contributed by atoms with Crippen molar-refractivity contribution in [1.29, 1.82) is 0 Å². The number of ether oxygens (including phenoxy) is 2. The maximum atomic E-state index is 14.0. The van der Waals surface area contributed by atoms with E-state index in [-0.39, 0.29) is 12.3 Å². The van der Waals surface area contributed by atoms with E-state index in [0.29, 0.717) is 12.8 Å². The predicted octanol–water partition coefficient (Wildman–Crippen LogP) is 6.14. The van der Waals surface area contributed by atoms with Gasteiger partial charge in [0.1, 0.15) is 30.4 Å². The van der Waals surface area contributed by atoms with Crippen LogP contribution < -0.4 is 16.0 Å². The molecule has 14 nitrogen and oxygen atoms in total. The minimum atomic E-state index is -1.88. The first kappa shape index (κ1) is 53.7. The Morgan fingerprint density at radius 2 is 0.948 bits per heavy atom. The molecule has 0 saturated carbocycles. The second-order valence-electron chi connectivity index (χ2n) is 16.4. The number of aliphatic hydroxyl groups excluding tert-OH is 4. The summed E-state index contributed by atoms with van der Waals surface area (Å²) in [5.41, 5.74) is 0. The molecule has 0 radical (unpaired) electrons. The van der Waals surface area contributed by atoms with E-state index in [1.807, 2.05) is 0 Å². The van der Waals surface area contributed by atoms with Crippen LogP contribution in [0.15, 0.2) is 0 Å². The molecular formula is C44H83N3O11. The Morgan fingerprint density at radius 3 is 1.36 bits per heavy atom. The molecule has 1 aliphatic rings. The van der Waals surface area contributed by atoms with Crippen LogP contribution in [0.2, 0.25) is 0 Å². The summed E-state index contributed by atoms with van der Waals surface area (Å²) in [6, 6.07) is -2.63. The molecule has 0 aromatic rings. The Balaban J connectivity index is 2.93. The van der Waals surface area contributed by atoms with Gasteiger partial charge >= 0.3 is 5.97 Å². The summed E-state index contributed by atoms with van der Waals surface area (Å²) in [6.45, 7) is 3.88. The largest absolute Gasteiger partial charge is 0.481 e. The first-order valence-electron chi connectivity index (χ1n) is 23.0. The third-order valence-electron chi connectivity index (χ3n) is 11.3. The highest BCUT2D eigenvalue weighted by atomic mass is 16.7. The van der Waals surface area contributed by atoms with Crippen LogP contribution in [0.25, 0.3) is 0 Å². The molecule has 0 spiro atoms. The molecule has 7 atom stereocenters. The van der Waals surface area contributed by atoms with E-state index in [0.717, 1.165) is 51.4 Å². The molecule has 1 fully saturated rings. The third kappa shape index (κ3) is 24.7. The maximum Gasteiger partial charge on any atom is 0.303 e. The second-order valence-corrected chi connectivity index (χ2v) is 16.4. The molecule has 8 N–H and O–H groups in total. The number of carboxylic acids is 1. The SMILES string of the molecule is CCCCCCCCCCCCCCC(CCCCCCCCCCCCCC)C(=O)N[C@H](CO[C@@H]1O[C@@H](O)[C@@H](O)[C@H](O)[C@@H]1O)C(=O)N[C@@H](CCC(=O)O)C(=O)NC. The van der Waals surface area contributed by atoms with Crippen LogP contribution >= 0.6 is 0 Å². The lowest BCUT2D eigenvalue weighted by Crippen LogP contribution is -2.60. The number of hydrogen-bond acceptors (Lipinski definition) is 10. The fraction of sp³-hybridized carbons (Fsp3) is 0.909. The third-order valence-corrected chi connectivity index (χ3v) is 11.3. The molecule has 58 heavy (non-hydrogen) atoms. The summed E-state index contributed by atoms with van der Waals surface area (Å²) in [5, 5.41) is 57.4. The highest BCUT2D eigenvalue weighted by Gasteiger charge is 2.44. The number of carbonyl (C=O) groups is 4. The second kappa shape index (κ2) is 34.4. The Morgan fingerprint density at radius 1 is 0.534 bits per heavy atom. The summed E-state index contributed by atoms with van der Waals surface area (Å²) in [5.74, 6) is -3.36. The quantitative estimate of drug-likeness (QED) is 0.0332. The van der Waals surface area contributed by atoms with Crippen LogP contribution in [0.3, 0.4) is 0 Å². The summed E-state index contributed by atoms with van der Waals surface area (Å²) >= 11 is 0. The van der Waals surface area contributed by atoms with E-state index < -0.39 is 79.7 Å². The number of unbranched alkanes of at least 4 members (excludes halogenated alkanes) is 22. The van der Waals surface area contributed by atoms with Gasteiger partial charge in [-0.05, 0) is 19.3 Å². The van der Waals surface area contributed by atoms with Crippen molar-refractivity contribution in [2.75, 3.05) is 13.7 Å². The van der Waals surface area contributed by atoms with Gasteiger partial charge in [-0.1, -0.05) is 168 Å². The van der Waals surface area contributed by atoms with E-state index in [1.54, 1.807) is 0 Å². The summed E-state index contributed by atoms with van der Waals surface area (Å²) in [6.07, 6.45) is 20.5. The molecule has 0 aromatic carbocycles. The van der Waals surface area contributed by atoms with Crippen molar-refractivity contribution in [3.8, 4) is 0 Å². The van der Waals surface area contributed by atoms with E-state index >= 15 is 0 Å². The minimum Gasteiger partial charge on any atom is -0.481 e. The molecule has 1 saturated heterocycles. The van der Waals surface area contributed by atoms with Gasteiger partial charge in [-0.3, -0.25) is 19.2 Å². The Labute approximate surface area is 349 Å². The molecule has 0 aliphatic carbocycles. The smallest absolute Gasteiger partial charge is 0.303 e. The van der Waals surface area contributed by atoms with Crippen LogP contribution in [-0.2, 0) is 28.7 Å². The molecule has 0 unspecified atom stereocenters. The van der Waals surface area contributed by atoms with Gasteiger partial charge in [-0.15, -0.1) is 0 Å². The van der Waals surface area contributed by atoms with Crippen molar-refractivity contribution in [3.05, 3.63) is 0 Å². The van der Waals surface area contributed by atoms with Crippen molar-refractivity contribution < 1.29 is 54.2 Å². The van der Waals surface area contributed by atoms with Crippen LogP contribution in [0.4, 0.5) is 0 Å². The predicted molar refractivity (Wildman–Crippen MR) is 225 cm³/mol. The maximum absolute atomic E-state index is 14.0. The molecule has 14 heteroatoms. The van der Waals surface area contributed by atoms with E-state index in [1.165, 1.54) is 110 Å². The normalized spacial score (nSPS) is 20.4.